The van der Waals surface area contributed by atoms with E-state index < -0.39 is 9.84 Å². The third-order valence-corrected chi connectivity index (χ3v) is 5.25. The van der Waals surface area contributed by atoms with E-state index in [2.05, 4.69) is 10.2 Å². The molecule has 2 aromatic rings. The molecule has 21 heavy (non-hydrogen) atoms. The van der Waals surface area contributed by atoms with Crippen LogP contribution in [0.3, 0.4) is 0 Å². The van der Waals surface area contributed by atoms with Crippen LogP contribution in [-0.4, -0.2) is 40.9 Å². The number of nitrogens with zero attached hydrogens (tertiary/aromatic N) is 3. The van der Waals surface area contributed by atoms with Crippen LogP contribution >= 0.6 is 23.4 Å². The van der Waals surface area contributed by atoms with E-state index in [0.29, 0.717) is 17.3 Å². The van der Waals surface area contributed by atoms with Crippen molar-refractivity contribution in [3.63, 3.8) is 0 Å². The first kappa shape index (κ1) is 16.3. The molecule has 0 aliphatic heterocycles. The first-order valence-corrected chi connectivity index (χ1v) is 9.83. The SMILES string of the molecule is CCn1c(SCCS(C)(=O)=O)nnc1-c1ccc(Cl)cc1. The van der Waals surface area contributed by atoms with Gasteiger partial charge in [0.2, 0.25) is 0 Å². The smallest absolute Gasteiger partial charge is 0.191 e. The maximum absolute atomic E-state index is 11.2. The van der Waals surface area contributed by atoms with Crippen LogP contribution in [0.15, 0.2) is 29.4 Å². The number of hydrogen-bond donors (Lipinski definition) is 0. The highest BCUT2D eigenvalue weighted by Crippen LogP contribution is 2.25. The molecule has 8 heteroatoms. The lowest BCUT2D eigenvalue weighted by molar-refractivity contribution is 0.603. The molecule has 0 saturated carbocycles. The average Bonchev–Trinajstić information content (AvgIpc) is 2.81. The molecule has 0 amide bonds. The predicted molar refractivity (Wildman–Crippen MR) is 86.6 cm³/mol. The van der Waals surface area contributed by atoms with Crippen molar-refractivity contribution in [1.29, 1.82) is 0 Å². The second kappa shape index (κ2) is 6.81. The van der Waals surface area contributed by atoms with E-state index in [1.54, 1.807) is 0 Å². The molecule has 0 saturated heterocycles. The quantitative estimate of drug-likeness (QED) is 0.753. The van der Waals surface area contributed by atoms with Gasteiger partial charge in [-0.1, -0.05) is 23.4 Å². The lowest BCUT2D eigenvalue weighted by Gasteiger charge is -2.07. The lowest BCUT2D eigenvalue weighted by Crippen LogP contribution is -2.06. The highest BCUT2D eigenvalue weighted by molar-refractivity contribution is 8.00. The van der Waals surface area contributed by atoms with Crippen molar-refractivity contribution < 1.29 is 8.42 Å². The highest BCUT2D eigenvalue weighted by atomic mass is 35.5. The molecule has 0 N–H and O–H groups in total. The predicted octanol–water partition coefficient (Wildman–Crippen LogP) is 2.76. The molecule has 1 heterocycles. The van der Waals surface area contributed by atoms with Gasteiger partial charge in [-0.2, -0.15) is 0 Å². The van der Waals surface area contributed by atoms with Crippen molar-refractivity contribution >= 4 is 33.2 Å². The van der Waals surface area contributed by atoms with E-state index in [4.69, 9.17) is 11.6 Å². The molecule has 0 atom stereocenters. The van der Waals surface area contributed by atoms with Gasteiger partial charge in [-0.15, -0.1) is 10.2 Å². The number of rotatable bonds is 6. The van der Waals surface area contributed by atoms with Gasteiger partial charge in [-0.05, 0) is 31.2 Å². The zero-order chi connectivity index (χ0) is 15.5. The van der Waals surface area contributed by atoms with E-state index >= 15 is 0 Å². The maximum atomic E-state index is 11.2. The summed E-state index contributed by atoms with van der Waals surface area (Å²) >= 11 is 7.29. The van der Waals surface area contributed by atoms with Crippen LogP contribution in [-0.2, 0) is 16.4 Å². The molecule has 0 aliphatic rings. The Hall–Kier alpha value is -1.05. The highest BCUT2D eigenvalue weighted by Gasteiger charge is 2.13. The van der Waals surface area contributed by atoms with Crippen LogP contribution in [0, 0.1) is 0 Å². The Labute approximate surface area is 133 Å². The second-order valence-electron chi connectivity index (χ2n) is 4.54. The standard InChI is InChI=1S/C13H16ClN3O2S2/c1-3-17-12(10-4-6-11(14)7-5-10)15-16-13(17)20-8-9-21(2,18)19/h4-7H,3,8-9H2,1-2H3. The van der Waals surface area contributed by atoms with Crippen molar-refractivity contribution in [3.8, 4) is 11.4 Å². The molecular weight excluding hydrogens is 330 g/mol. The Morgan fingerprint density at radius 2 is 1.90 bits per heavy atom. The molecule has 0 aliphatic carbocycles. The minimum atomic E-state index is -2.96. The van der Waals surface area contributed by atoms with Gasteiger partial charge >= 0.3 is 0 Å². The fraction of sp³-hybridized carbons (Fsp3) is 0.385. The zero-order valence-corrected chi connectivity index (χ0v) is 14.2. The molecule has 0 unspecified atom stereocenters. The van der Waals surface area contributed by atoms with Crippen LogP contribution in [0.2, 0.25) is 5.02 Å². The van der Waals surface area contributed by atoms with Gasteiger partial charge in [-0.25, -0.2) is 8.42 Å². The third kappa shape index (κ3) is 4.46. The van der Waals surface area contributed by atoms with Crippen molar-refractivity contribution in [2.45, 2.75) is 18.6 Å². The first-order chi connectivity index (χ1) is 9.90. The van der Waals surface area contributed by atoms with Gasteiger partial charge < -0.3 is 4.57 Å². The summed E-state index contributed by atoms with van der Waals surface area (Å²) in [6.07, 6.45) is 1.23. The monoisotopic (exact) mass is 345 g/mol. The van der Waals surface area contributed by atoms with E-state index in [0.717, 1.165) is 16.5 Å². The lowest BCUT2D eigenvalue weighted by atomic mass is 10.2. The molecule has 114 valence electrons. The van der Waals surface area contributed by atoms with Gasteiger partial charge in [0.15, 0.2) is 11.0 Å². The molecule has 0 fully saturated rings. The summed E-state index contributed by atoms with van der Waals surface area (Å²) in [5.41, 5.74) is 0.934. The van der Waals surface area contributed by atoms with E-state index in [-0.39, 0.29) is 5.75 Å². The minimum Gasteiger partial charge on any atom is -0.302 e. The van der Waals surface area contributed by atoms with Crippen LogP contribution < -0.4 is 0 Å². The summed E-state index contributed by atoms with van der Waals surface area (Å²) in [6, 6.07) is 7.40. The number of hydrogen-bond acceptors (Lipinski definition) is 5. The maximum Gasteiger partial charge on any atom is 0.191 e. The number of benzene rings is 1. The molecule has 5 nitrogen and oxygen atoms in total. The molecule has 0 bridgehead atoms. The Bertz CT molecular complexity index is 712. The van der Waals surface area contributed by atoms with E-state index in [1.165, 1.54) is 18.0 Å². The van der Waals surface area contributed by atoms with Crippen molar-refractivity contribution in [2.24, 2.45) is 0 Å². The number of thioether (sulfide) groups is 1. The fourth-order valence-electron chi connectivity index (χ4n) is 1.78. The minimum absolute atomic E-state index is 0.129. The Kier molecular flexibility index (Phi) is 5.29. The summed E-state index contributed by atoms with van der Waals surface area (Å²) < 4.78 is 24.3. The second-order valence-corrected chi connectivity index (χ2v) is 8.29. The number of aromatic nitrogens is 3. The van der Waals surface area contributed by atoms with Gasteiger partial charge in [0.05, 0.1) is 5.75 Å². The number of halogens is 1. The first-order valence-electron chi connectivity index (χ1n) is 6.40. The Morgan fingerprint density at radius 1 is 1.24 bits per heavy atom. The van der Waals surface area contributed by atoms with Crippen molar-refractivity contribution in [3.05, 3.63) is 29.3 Å². The molecule has 0 radical (unpaired) electrons. The summed E-state index contributed by atoms with van der Waals surface area (Å²) in [4.78, 5) is 0. The molecule has 2 rings (SSSR count). The largest absolute Gasteiger partial charge is 0.302 e. The van der Waals surface area contributed by atoms with Gasteiger partial charge in [0, 0.05) is 29.1 Å². The average molecular weight is 346 g/mol. The van der Waals surface area contributed by atoms with Gasteiger partial charge in [0.1, 0.15) is 9.84 Å². The molecule has 1 aromatic carbocycles. The Balaban J connectivity index is 2.20. The van der Waals surface area contributed by atoms with Crippen LogP contribution in [0.25, 0.3) is 11.4 Å². The zero-order valence-electron chi connectivity index (χ0n) is 11.8. The topological polar surface area (TPSA) is 64.8 Å². The third-order valence-electron chi connectivity index (χ3n) is 2.82. The van der Waals surface area contributed by atoms with Gasteiger partial charge in [0.25, 0.3) is 0 Å². The van der Waals surface area contributed by atoms with Gasteiger partial charge in [-0.3, -0.25) is 0 Å². The van der Waals surface area contributed by atoms with Crippen molar-refractivity contribution in [1.82, 2.24) is 14.8 Å². The van der Waals surface area contributed by atoms with Crippen LogP contribution in [0.1, 0.15) is 6.92 Å². The van der Waals surface area contributed by atoms with E-state index in [9.17, 15) is 8.42 Å². The summed E-state index contributed by atoms with van der Waals surface area (Å²) in [7, 11) is -2.96. The molecule has 0 spiro atoms. The summed E-state index contributed by atoms with van der Waals surface area (Å²) in [5, 5.41) is 9.75. The molecular formula is C13H16ClN3O2S2. The van der Waals surface area contributed by atoms with Crippen LogP contribution in [0.4, 0.5) is 0 Å². The Morgan fingerprint density at radius 3 is 2.48 bits per heavy atom. The molecule has 1 aromatic heterocycles. The summed E-state index contributed by atoms with van der Waals surface area (Å²) in [6.45, 7) is 2.72. The van der Waals surface area contributed by atoms with Crippen molar-refractivity contribution in [2.75, 3.05) is 17.8 Å². The summed E-state index contributed by atoms with van der Waals surface area (Å²) in [5.74, 6) is 1.36. The van der Waals surface area contributed by atoms with Crippen LogP contribution in [0.5, 0.6) is 0 Å². The van der Waals surface area contributed by atoms with E-state index in [1.807, 2.05) is 35.8 Å². The fourth-order valence-corrected chi connectivity index (χ4v) is 4.10. The number of sulfone groups is 1. The normalized spacial score (nSPS) is 11.8.